The van der Waals surface area contributed by atoms with Crippen molar-refractivity contribution in [2.45, 2.75) is 67.2 Å². The average molecular weight is 222 g/mol. The molecule has 0 saturated carbocycles. The molecule has 0 aromatic heterocycles. The van der Waals surface area contributed by atoms with E-state index >= 15 is 0 Å². The third kappa shape index (κ3) is 29.6. The van der Waals surface area contributed by atoms with Crippen molar-refractivity contribution < 1.29 is 9.16 Å². The van der Waals surface area contributed by atoms with Gasteiger partial charge in [0.2, 0.25) is 0 Å². The van der Waals surface area contributed by atoms with Crippen LogP contribution in [0.5, 0.6) is 0 Å². The molecule has 0 rings (SSSR count). The van der Waals surface area contributed by atoms with Crippen LogP contribution in [0, 0.1) is 0 Å². The third-order valence-electron chi connectivity index (χ3n) is 1.08. The van der Waals surface area contributed by atoms with Crippen molar-refractivity contribution in [3.63, 3.8) is 0 Å². The molecule has 0 N–H and O–H groups in total. The molecular formula is C11H30O2Si. The highest BCUT2D eigenvalue weighted by Crippen LogP contribution is 2.03. The van der Waals surface area contributed by atoms with E-state index in [-0.39, 0.29) is 22.8 Å². The number of hydrogen-bond donors (Lipinski definition) is 0. The summed E-state index contributed by atoms with van der Waals surface area (Å²) in [7, 11) is -0.190. The number of hydrogen-bond acceptors (Lipinski definition) is 2. The quantitative estimate of drug-likeness (QED) is 0.684. The molecule has 0 radical (unpaired) electrons. The monoisotopic (exact) mass is 222 g/mol. The largest absolute Gasteiger partial charge is 0.420 e. The van der Waals surface area contributed by atoms with Gasteiger partial charge < -0.3 is 9.16 Å². The molecule has 0 saturated heterocycles. The van der Waals surface area contributed by atoms with Crippen LogP contribution in [0.3, 0.4) is 0 Å². The van der Waals surface area contributed by atoms with Crippen LogP contribution >= 0.6 is 0 Å². The predicted molar refractivity (Wildman–Crippen MR) is 68.7 cm³/mol. The van der Waals surface area contributed by atoms with Crippen molar-refractivity contribution in [3.05, 3.63) is 0 Å². The van der Waals surface area contributed by atoms with Crippen LogP contribution in [0.25, 0.3) is 0 Å². The Kier molecular flexibility index (Phi) is 15.8. The smallest absolute Gasteiger partial charge is 0.159 e. The first-order chi connectivity index (χ1) is 5.83. The maximum atomic E-state index is 5.37. The summed E-state index contributed by atoms with van der Waals surface area (Å²) < 4.78 is 10.4. The van der Waals surface area contributed by atoms with Gasteiger partial charge in [-0.25, -0.2) is 0 Å². The lowest BCUT2D eigenvalue weighted by Gasteiger charge is -2.17. The van der Waals surface area contributed by atoms with Crippen LogP contribution in [0.15, 0.2) is 0 Å². The molecule has 0 unspecified atom stereocenters. The van der Waals surface area contributed by atoms with Crippen molar-refractivity contribution >= 4 is 9.76 Å². The van der Waals surface area contributed by atoms with Gasteiger partial charge in [-0.15, -0.1) is 0 Å². The molecule has 0 aliphatic carbocycles. The zero-order valence-corrected chi connectivity index (χ0v) is 11.7. The van der Waals surface area contributed by atoms with Gasteiger partial charge in [0.1, 0.15) is 0 Å². The second-order valence-electron chi connectivity index (χ2n) is 4.05. The predicted octanol–water partition coefficient (Wildman–Crippen LogP) is 3.00. The standard InChI is InChI=1S/C5H14OSi.C5H12O.CH4/c1-5(2,3)6-7-4;1-4-6-5(2)3;/h7H2,1-4H3;5H,4H2,1-3H3;1H4. The summed E-state index contributed by atoms with van der Waals surface area (Å²) in [6.45, 7) is 15.3. The fourth-order valence-electron chi connectivity index (χ4n) is 0.766. The van der Waals surface area contributed by atoms with E-state index in [1.165, 1.54) is 0 Å². The molecule has 0 atom stereocenters. The zero-order chi connectivity index (χ0) is 10.9. The van der Waals surface area contributed by atoms with Crippen molar-refractivity contribution in [2.75, 3.05) is 6.61 Å². The van der Waals surface area contributed by atoms with Gasteiger partial charge in [0.05, 0.1) is 6.10 Å². The first kappa shape index (κ1) is 19.7. The third-order valence-corrected chi connectivity index (χ3v) is 2.23. The van der Waals surface area contributed by atoms with E-state index in [0.717, 1.165) is 6.61 Å². The van der Waals surface area contributed by atoms with Gasteiger partial charge in [-0.2, -0.15) is 0 Å². The lowest BCUT2D eigenvalue weighted by molar-refractivity contribution is 0.0899. The maximum absolute atomic E-state index is 5.37. The summed E-state index contributed by atoms with van der Waals surface area (Å²) in [5.41, 5.74) is 0.112. The van der Waals surface area contributed by atoms with Crippen molar-refractivity contribution in [1.29, 1.82) is 0 Å². The molecule has 14 heavy (non-hydrogen) atoms. The minimum absolute atomic E-state index is 0. The topological polar surface area (TPSA) is 18.5 Å². The van der Waals surface area contributed by atoms with Crippen molar-refractivity contribution in [1.82, 2.24) is 0 Å². The molecule has 90 valence electrons. The summed E-state index contributed by atoms with van der Waals surface area (Å²) >= 11 is 0. The van der Waals surface area contributed by atoms with E-state index in [4.69, 9.17) is 9.16 Å². The molecule has 0 aliphatic rings. The van der Waals surface area contributed by atoms with E-state index in [1.54, 1.807) is 0 Å². The molecule has 0 bridgehead atoms. The van der Waals surface area contributed by atoms with Gasteiger partial charge in [-0.3, -0.25) is 0 Å². The Bertz CT molecular complexity index is 98.0. The van der Waals surface area contributed by atoms with Gasteiger partial charge >= 0.3 is 0 Å². The van der Waals surface area contributed by atoms with Crippen LogP contribution in [-0.2, 0) is 9.16 Å². The van der Waals surface area contributed by atoms with Gasteiger partial charge in [0, 0.05) is 12.2 Å². The van der Waals surface area contributed by atoms with E-state index in [0.29, 0.717) is 6.10 Å². The Balaban J connectivity index is -0.000000163. The van der Waals surface area contributed by atoms with Crippen molar-refractivity contribution in [2.24, 2.45) is 0 Å². The molecule has 0 fully saturated rings. The molecular weight excluding hydrogens is 192 g/mol. The minimum atomic E-state index is -0.190. The molecule has 0 aliphatic heterocycles. The van der Waals surface area contributed by atoms with Gasteiger partial charge in [0.15, 0.2) is 9.76 Å². The second kappa shape index (κ2) is 11.2. The van der Waals surface area contributed by atoms with E-state index in [1.807, 2.05) is 20.8 Å². The highest BCUT2D eigenvalue weighted by Gasteiger charge is 2.05. The summed E-state index contributed by atoms with van der Waals surface area (Å²) in [6, 6.07) is 0. The Morgan fingerprint density at radius 2 is 1.64 bits per heavy atom. The molecule has 0 aromatic rings. The van der Waals surface area contributed by atoms with Gasteiger partial charge in [-0.1, -0.05) is 14.0 Å². The van der Waals surface area contributed by atoms with Gasteiger partial charge in [-0.05, 0) is 41.5 Å². The average Bonchev–Trinajstić information content (AvgIpc) is 1.84. The van der Waals surface area contributed by atoms with Crippen LogP contribution in [0.4, 0.5) is 0 Å². The van der Waals surface area contributed by atoms with Gasteiger partial charge in [0.25, 0.3) is 0 Å². The first-order valence-corrected chi connectivity index (χ1v) is 7.08. The summed E-state index contributed by atoms with van der Waals surface area (Å²) in [6.07, 6.45) is 0.398. The van der Waals surface area contributed by atoms with Crippen LogP contribution in [-0.4, -0.2) is 28.1 Å². The van der Waals surface area contributed by atoms with E-state index in [9.17, 15) is 0 Å². The molecule has 2 nitrogen and oxygen atoms in total. The van der Waals surface area contributed by atoms with E-state index < -0.39 is 0 Å². The summed E-state index contributed by atoms with van der Waals surface area (Å²) in [5.74, 6) is 0. The first-order valence-electron chi connectivity index (χ1n) is 5.09. The van der Waals surface area contributed by atoms with Crippen LogP contribution in [0.2, 0.25) is 6.55 Å². The maximum Gasteiger partial charge on any atom is 0.159 e. The Labute approximate surface area is 93.3 Å². The highest BCUT2D eigenvalue weighted by atomic mass is 28.2. The molecule has 0 spiro atoms. The summed E-state index contributed by atoms with van der Waals surface area (Å²) in [4.78, 5) is 0. The summed E-state index contributed by atoms with van der Waals surface area (Å²) in [5, 5.41) is 0. The highest BCUT2D eigenvalue weighted by molar-refractivity contribution is 6.24. The lowest BCUT2D eigenvalue weighted by atomic mass is 10.2. The molecule has 0 amide bonds. The van der Waals surface area contributed by atoms with E-state index in [2.05, 4.69) is 27.3 Å². The van der Waals surface area contributed by atoms with Crippen LogP contribution in [0.1, 0.15) is 49.0 Å². The number of ether oxygens (including phenoxy) is 1. The number of rotatable bonds is 3. The molecule has 0 heterocycles. The Hall–Kier alpha value is 0.137. The fourth-order valence-corrected chi connectivity index (χ4v) is 1.63. The van der Waals surface area contributed by atoms with Crippen molar-refractivity contribution in [3.8, 4) is 0 Å². The SMILES string of the molecule is C.CCOC(C)C.C[SiH2]OC(C)(C)C. The Morgan fingerprint density at radius 3 is 1.64 bits per heavy atom. The Morgan fingerprint density at radius 1 is 1.21 bits per heavy atom. The normalized spacial score (nSPS) is 11.1. The molecule has 3 heteroatoms. The van der Waals surface area contributed by atoms with Crippen LogP contribution < -0.4 is 0 Å². The zero-order valence-electron chi connectivity index (χ0n) is 10.3. The fraction of sp³-hybridized carbons (Fsp3) is 1.00. The minimum Gasteiger partial charge on any atom is -0.420 e. The lowest BCUT2D eigenvalue weighted by Crippen LogP contribution is -2.19. The second-order valence-corrected chi connectivity index (χ2v) is 4.92. The molecule has 0 aromatic carbocycles.